The van der Waals surface area contributed by atoms with E-state index in [1.165, 1.54) is 4.90 Å². The highest BCUT2D eigenvalue weighted by Gasteiger charge is 2.18. The molecule has 0 atom stereocenters. The van der Waals surface area contributed by atoms with Crippen molar-refractivity contribution < 1.29 is 4.79 Å². The van der Waals surface area contributed by atoms with E-state index in [9.17, 15) is 4.79 Å². The Balaban J connectivity index is 3.08. The van der Waals surface area contributed by atoms with Crippen LogP contribution >= 0.6 is 0 Å². The Morgan fingerprint density at radius 2 is 2.00 bits per heavy atom. The summed E-state index contributed by atoms with van der Waals surface area (Å²) in [6, 6.07) is 3.77. The molecule has 1 aromatic rings. The van der Waals surface area contributed by atoms with Gasteiger partial charge in [0, 0.05) is 32.9 Å². The lowest BCUT2D eigenvalue weighted by Gasteiger charge is -2.25. The number of aromatic nitrogens is 1. The molecule has 5 heteroatoms. The van der Waals surface area contributed by atoms with Crippen molar-refractivity contribution in [1.82, 2.24) is 9.88 Å². The minimum atomic E-state index is -0.104. The number of carbonyl (C=O) groups is 1. The first-order valence-electron chi connectivity index (χ1n) is 5.60. The Hall–Kier alpha value is -1.62. The van der Waals surface area contributed by atoms with Crippen molar-refractivity contribution in [3.63, 3.8) is 0 Å². The van der Waals surface area contributed by atoms with E-state index in [2.05, 4.69) is 4.98 Å². The van der Waals surface area contributed by atoms with Crippen LogP contribution in [0, 0.1) is 13.8 Å². The molecule has 0 fully saturated rings. The van der Waals surface area contributed by atoms with Gasteiger partial charge in [-0.1, -0.05) is 0 Å². The van der Waals surface area contributed by atoms with Gasteiger partial charge in [0.1, 0.15) is 5.82 Å². The maximum atomic E-state index is 12.0. The van der Waals surface area contributed by atoms with Crippen LogP contribution in [0.3, 0.4) is 0 Å². The van der Waals surface area contributed by atoms with Gasteiger partial charge in [0.25, 0.3) is 0 Å². The van der Waals surface area contributed by atoms with Crippen molar-refractivity contribution in [2.24, 2.45) is 5.73 Å². The average Bonchev–Trinajstić information content (AvgIpc) is 2.23. The maximum Gasteiger partial charge on any atom is 0.325 e. The molecule has 5 nitrogen and oxygen atoms in total. The summed E-state index contributed by atoms with van der Waals surface area (Å²) < 4.78 is 0. The molecule has 0 radical (unpaired) electrons. The zero-order chi connectivity index (χ0) is 13.0. The number of carbonyl (C=O) groups excluding carboxylic acids is 1. The average molecular weight is 236 g/mol. The zero-order valence-electron chi connectivity index (χ0n) is 10.9. The zero-order valence-corrected chi connectivity index (χ0v) is 10.9. The molecule has 0 unspecified atom stereocenters. The molecular formula is C12H20N4O. The molecule has 2 N–H and O–H groups in total. The van der Waals surface area contributed by atoms with Gasteiger partial charge in [-0.3, -0.25) is 4.90 Å². The lowest BCUT2D eigenvalue weighted by molar-refractivity contribution is 0.224. The predicted octanol–water partition coefficient (Wildman–Crippen LogP) is 1.15. The first-order chi connectivity index (χ1) is 7.95. The summed E-state index contributed by atoms with van der Waals surface area (Å²) in [5.74, 6) is 0.659. The normalized spacial score (nSPS) is 10.2. The van der Waals surface area contributed by atoms with Gasteiger partial charge in [0.05, 0.1) is 0 Å². The second kappa shape index (κ2) is 5.63. The number of hydrogen-bond acceptors (Lipinski definition) is 3. The molecule has 0 aliphatic carbocycles. The lowest BCUT2D eigenvalue weighted by Crippen LogP contribution is -2.42. The number of pyridine rings is 1. The summed E-state index contributed by atoms with van der Waals surface area (Å²) in [6.07, 6.45) is 0. The summed E-state index contributed by atoms with van der Waals surface area (Å²) >= 11 is 0. The number of rotatable bonds is 3. The Kier molecular flexibility index (Phi) is 4.45. The molecule has 1 heterocycles. The van der Waals surface area contributed by atoms with E-state index in [0.717, 1.165) is 11.3 Å². The minimum absolute atomic E-state index is 0.104. The highest BCUT2D eigenvalue weighted by atomic mass is 16.2. The van der Waals surface area contributed by atoms with Gasteiger partial charge in [-0.25, -0.2) is 9.78 Å². The molecule has 0 saturated heterocycles. The van der Waals surface area contributed by atoms with Gasteiger partial charge >= 0.3 is 6.03 Å². The number of urea groups is 1. The molecule has 17 heavy (non-hydrogen) atoms. The number of hydrogen-bond donors (Lipinski definition) is 1. The van der Waals surface area contributed by atoms with Crippen molar-refractivity contribution in [1.29, 1.82) is 0 Å². The van der Waals surface area contributed by atoms with E-state index in [-0.39, 0.29) is 6.03 Å². The Morgan fingerprint density at radius 1 is 1.35 bits per heavy atom. The molecular weight excluding hydrogens is 216 g/mol. The van der Waals surface area contributed by atoms with Crippen LogP contribution < -0.4 is 10.6 Å². The van der Waals surface area contributed by atoms with Crippen molar-refractivity contribution in [2.75, 3.05) is 32.1 Å². The fourth-order valence-electron chi connectivity index (χ4n) is 1.64. The second-order valence-corrected chi connectivity index (χ2v) is 4.26. The van der Waals surface area contributed by atoms with Crippen molar-refractivity contribution in [3.05, 3.63) is 23.4 Å². The van der Waals surface area contributed by atoms with Gasteiger partial charge < -0.3 is 10.6 Å². The molecule has 0 aliphatic heterocycles. The van der Waals surface area contributed by atoms with Gasteiger partial charge in [-0.15, -0.1) is 0 Å². The van der Waals surface area contributed by atoms with Gasteiger partial charge in [0.15, 0.2) is 0 Å². The number of nitrogens with zero attached hydrogens (tertiary/aromatic N) is 3. The molecule has 0 spiro atoms. The monoisotopic (exact) mass is 236 g/mol. The molecule has 1 rings (SSSR count). The first kappa shape index (κ1) is 13.4. The minimum Gasteiger partial charge on any atom is -0.330 e. The van der Waals surface area contributed by atoms with Crippen LogP contribution in [0.25, 0.3) is 0 Å². The van der Waals surface area contributed by atoms with Crippen molar-refractivity contribution in [3.8, 4) is 0 Å². The summed E-state index contributed by atoms with van der Waals surface area (Å²) in [5.41, 5.74) is 7.52. The summed E-state index contributed by atoms with van der Waals surface area (Å²) in [7, 11) is 3.43. The Bertz CT molecular complexity index is 383. The number of aryl methyl sites for hydroxylation is 2. The van der Waals surface area contributed by atoms with Gasteiger partial charge in [-0.2, -0.15) is 0 Å². The fourth-order valence-corrected chi connectivity index (χ4v) is 1.64. The molecule has 0 saturated carbocycles. The lowest BCUT2D eigenvalue weighted by atomic mass is 10.2. The molecule has 0 aliphatic rings. The number of amides is 2. The third-order valence-electron chi connectivity index (χ3n) is 2.33. The fraction of sp³-hybridized carbons (Fsp3) is 0.500. The number of anilines is 1. The number of nitrogens with two attached hydrogens (primary N) is 1. The summed E-state index contributed by atoms with van der Waals surface area (Å²) in [6.45, 7) is 4.78. The highest BCUT2D eigenvalue weighted by Crippen LogP contribution is 2.15. The third kappa shape index (κ3) is 3.42. The quantitative estimate of drug-likeness (QED) is 0.856. The van der Waals surface area contributed by atoms with E-state index in [1.807, 2.05) is 26.0 Å². The summed E-state index contributed by atoms with van der Waals surface area (Å²) in [4.78, 5) is 19.5. The topological polar surface area (TPSA) is 62.5 Å². The third-order valence-corrected chi connectivity index (χ3v) is 2.33. The molecule has 2 amide bonds. The molecule has 0 aromatic carbocycles. The predicted molar refractivity (Wildman–Crippen MR) is 69.2 cm³/mol. The largest absolute Gasteiger partial charge is 0.330 e. The standard InChI is InChI=1S/C12H20N4O/c1-9-7-10(2)14-11(8-9)16(6-5-13)12(17)15(3)4/h7-8H,5-6,13H2,1-4H3. The van der Waals surface area contributed by atoms with E-state index >= 15 is 0 Å². The van der Waals surface area contributed by atoms with Crippen LogP contribution in [0.15, 0.2) is 12.1 Å². The second-order valence-electron chi connectivity index (χ2n) is 4.26. The molecule has 0 bridgehead atoms. The van der Waals surface area contributed by atoms with E-state index < -0.39 is 0 Å². The van der Waals surface area contributed by atoms with Crippen LogP contribution in [0.1, 0.15) is 11.3 Å². The Morgan fingerprint density at radius 3 is 2.47 bits per heavy atom. The van der Waals surface area contributed by atoms with Crippen LogP contribution in [0.4, 0.5) is 10.6 Å². The van der Waals surface area contributed by atoms with E-state index in [0.29, 0.717) is 18.9 Å². The summed E-state index contributed by atoms with van der Waals surface area (Å²) in [5, 5.41) is 0. The van der Waals surface area contributed by atoms with E-state index in [1.54, 1.807) is 19.0 Å². The highest BCUT2D eigenvalue weighted by molar-refractivity contribution is 5.90. The van der Waals surface area contributed by atoms with Crippen LogP contribution in [0.2, 0.25) is 0 Å². The first-order valence-corrected chi connectivity index (χ1v) is 5.60. The van der Waals surface area contributed by atoms with Crippen molar-refractivity contribution >= 4 is 11.8 Å². The van der Waals surface area contributed by atoms with Crippen LogP contribution in [-0.2, 0) is 0 Å². The van der Waals surface area contributed by atoms with Crippen LogP contribution in [0.5, 0.6) is 0 Å². The maximum absolute atomic E-state index is 12.0. The molecule has 94 valence electrons. The Labute approximate surface area is 102 Å². The van der Waals surface area contributed by atoms with E-state index in [4.69, 9.17) is 5.73 Å². The smallest absolute Gasteiger partial charge is 0.325 e. The van der Waals surface area contributed by atoms with Crippen molar-refractivity contribution in [2.45, 2.75) is 13.8 Å². The van der Waals surface area contributed by atoms with Crippen LogP contribution in [-0.4, -0.2) is 43.1 Å². The molecule has 1 aromatic heterocycles. The SMILES string of the molecule is Cc1cc(C)nc(N(CCN)C(=O)N(C)C)c1. The van der Waals surface area contributed by atoms with Gasteiger partial charge in [0.2, 0.25) is 0 Å². The van der Waals surface area contributed by atoms with Gasteiger partial charge in [-0.05, 0) is 31.5 Å².